The number of nitrogen functional groups attached to an aromatic ring is 1. The zero-order valence-electron chi connectivity index (χ0n) is 12.0. The Hall–Kier alpha value is -2.36. The molecule has 0 aliphatic heterocycles. The first kappa shape index (κ1) is 14.1. The van der Waals surface area contributed by atoms with Gasteiger partial charge in [0.2, 0.25) is 5.91 Å². The molecule has 0 saturated heterocycles. The molecular formula is C16H19N3O. The Bertz CT molecular complexity index is 637. The van der Waals surface area contributed by atoms with Crippen molar-refractivity contribution in [1.82, 2.24) is 4.98 Å². The fourth-order valence-corrected chi connectivity index (χ4v) is 2.04. The van der Waals surface area contributed by atoms with Gasteiger partial charge in [-0.2, -0.15) is 0 Å². The van der Waals surface area contributed by atoms with Crippen molar-refractivity contribution < 1.29 is 4.79 Å². The maximum atomic E-state index is 12.3. The van der Waals surface area contributed by atoms with Crippen molar-refractivity contribution in [2.45, 2.75) is 26.7 Å². The summed E-state index contributed by atoms with van der Waals surface area (Å²) in [6.07, 6.45) is 0. The number of nitrogens with zero attached hydrogens (tertiary/aromatic N) is 1. The van der Waals surface area contributed by atoms with Crippen LogP contribution in [0.1, 0.15) is 29.8 Å². The normalized spacial score (nSPS) is 11.9. The van der Waals surface area contributed by atoms with Crippen LogP contribution >= 0.6 is 0 Å². The third-order valence-electron chi connectivity index (χ3n) is 3.29. The zero-order chi connectivity index (χ0) is 14.7. The van der Waals surface area contributed by atoms with Gasteiger partial charge >= 0.3 is 0 Å². The van der Waals surface area contributed by atoms with Crippen molar-refractivity contribution in [2.75, 3.05) is 11.1 Å². The number of rotatable bonds is 3. The van der Waals surface area contributed by atoms with E-state index in [0.717, 1.165) is 22.6 Å². The zero-order valence-corrected chi connectivity index (χ0v) is 12.0. The molecule has 4 nitrogen and oxygen atoms in total. The maximum absolute atomic E-state index is 12.3. The van der Waals surface area contributed by atoms with Gasteiger partial charge in [0, 0.05) is 11.4 Å². The molecule has 1 aromatic carbocycles. The second kappa shape index (κ2) is 5.74. The van der Waals surface area contributed by atoms with Gasteiger partial charge in [-0.3, -0.25) is 9.78 Å². The van der Waals surface area contributed by atoms with Crippen molar-refractivity contribution in [1.29, 1.82) is 0 Å². The number of benzene rings is 1. The van der Waals surface area contributed by atoms with E-state index >= 15 is 0 Å². The first-order valence-corrected chi connectivity index (χ1v) is 6.58. The SMILES string of the molecule is Cc1ccc(NC(=O)C(C)c2cccc(N)c2)c(C)n1. The summed E-state index contributed by atoms with van der Waals surface area (Å²) in [6.45, 7) is 5.67. The molecule has 20 heavy (non-hydrogen) atoms. The van der Waals surface area contributed by atoms with Gasteiger partial charge in [0.1, 0.15) is 0 Å². The number of aromatic nitrogens is 1. The molecule has 2 rings (SSSR count). The minimum absolute atomic E-state index is 0.0654. The van der Waals surface area contributed by atoms with Crippen LogP contribution in [0.4, 0.5) is 11.4 Å². The Morgan fingerprint density at radius 1 is 1.25 bits per heavy atom. The lowest BCUT2D eigenvalue weighted by Crippen LogP contribution is -2.19. The topological polar surface area (TPSA) is 68.0 Å². The number of nitrogens with two attached hydrogens (primary N) is 1. The lowest BCUT2D eigenvalue weighted by atomic mass is 9.99. The van der Waals surface area contributed by atoms with Crippen molar-refractivity contribution >= 4 is 17.3 Å². The average molecular weight is 269 g/mol. The van der Waals surface area contributed by atoms with Gasteiger partial charge in [0.05, 0.1) is 17.3 Å². The highest BCUT2D eigenvalue weighted by Gasteiger charge is 2.16. The highest BCUT2D eigenvalue weighted by atomic mass is 16.1. The Morgan fingerprint density at radius 2 is 2.00 bits per heavy atom. The number of carbonyl (C=O) groups excluding carboxylic acids is 1. The largest absolute Gasteiger partial charge is 0.399 e. The van der Waals surface area contributed by atoms with E-state index in [0.29, 0.717) is 5.69 Å². The van der Waals surface area contributed by atoms with Crippen LogP contribution in [0.2, 0.25) is 0 Å². The summed E-state index contributed by atoms with van der Waals surface area (Å²) in [6, 6.07) is 11.1. The number of carbonyl (C=O) groups is 1. The second-order valence-electron chi connectivity index (χ2n) is 4.97. The summed E-state index contributed by atoms with van der Waals surface area (Å²) >= 11 is 0. The van der Waals surface area contributed by atoms with Crippen molar-refractivity contribution in [3.8, 4) is 0 Å². The molecule has 1 amide bonds. The number of hydrogen-bond acceptors (Lipinski definition) is 3. The molecule has 3 N–H and O–H groups in total. The Kier molecular flexibility index (Phi) is 4.03. The van der Waals surface area contributed by atoms with E-state index < -0.39 is 0 Å². The van der Waals surface area contributed by atoms with Crippen LogP contribution in [0, 0.1) is 13.8 Å². The molecule has 1 unspecified atom stereocenters. The number of amides is 1. The van der Waals surface area contributed by atoms with Crippen LogP contribution < -0.4 is 11.1 Å². The Morgan fingerprint density at radius 3 is 2.65 bits per heavy atom. The molecule has 0 spiro atoms. The van der Waals surface area contributed by atoms with E-state index in [-0.39, 0.29) is 11.8 Å². The number of aryl methyl sites for hydroxylation is 2. The van der Waals surface area contributed by atoms with Crippen LogP contribution in [0.25, 0.3) is 0 Å². The van der Waals surface area contributed by atoms with Gasteiger partial charge in [-0.15, -0.1) is 0 Å². The summed E-state index contributed by atoms with van der Waals surface area (Å²) in [7, 11) is 0. The predicted molar refractivity (Wildman–Crippen MR) is 81.6 cm³/mol. The molecule has 0 aliphatic rings. The lowest BCUT2D eigenvalue weighted by molar-refractivity contribution is -0.117. The van der Waals surface area contributed by atoms with E-state index in [9.17, 15) is 4.79 Å². The second-order valence-corrected chi connectivity index (χ2v) is 4.97. The minimum atomic E-state index is -0.265. The fourth-order valence-electron chi connectivity index (χ4n) is 2.04. The summed E-state index contributed by atoms with van der Waals surface area (Å²) in [5.74, 6) is -0.330. The maximum Gasteiger partial charge on any atom is 0.231 e. The van der Waals surface area contributed by atoms with Crippen molar-refractivity contribution in [3.63, 3.8) is 0 Å². The standard InChI is InChI=1S/C16H19N3O/c1-10-7-8-15(12(3)18-10)19-16(20)11(2)13-5-4-6-14(17)9-13/h4-9,11H,17H2,1-3H3,(H,19,20). The minimum Gasteiger partial charge on any atom is -0.399 e. The Balaban J connectivity index is 2.15. The van der Waals surface area contributed by atoms with Crippen LogP contribution in [0.5, 0.6) is 0 Å². The number of anilines is 2. The molecule has 1 atom stereocenters. The van der Waals surface area contributed by atoms with Crippen LogP contribution in [0.15, 0.2) is 36.4 Å². The number of pyridine rings is 1. The van der Waals surface area contributed by atoms with E-state index in [1.165, 1.54) is 0 Å². The predicted octanol–water partition coefficient (Wildman–Crippen LogP) is 3.02. The number of hydrogen-bond donors (Lipinski definition) is 2. The van der Waals surface area contributed by atoms with Gasteiger partial charge in [-0.05, 0) is 50.6 Å². The van der Waals surface area contributed by atoms with Crippen molar-refractivity contribution in [2.24, 2.45) is 0 Å². The highest BCUT2D eigenvalue weighted by molar-refractivity contribution is 5.96. The summed E-state index contributed by atoms with van der Waals surface area (Å²) < 4.78 is 0. The van der Waals surface area contributed by atoms with Gasteiger partial charge < -0.3 is 11.1 Å². The van der Waals surface area contributed by atoms with E-state index in [1.54, 1.807) is 0 Å². The van der Waals surface area contributed by atoms with Crippen LogP contribution in [0.3, 0.4) is 0 Å². The number of nitrogens with one attached hydrogen (secondary N) is 1. The third kappa shape index (κ3) is 3.15. The fraction of sp³-hybridized carbons (Fsp3) is 0.250. The van der Waals surface area contributed by atoms with Gasteiger partial charge in [-0.1, -0.05) is 12.1 Å². The molecule has 1 heterocycles. The third-order valence-corrected chi connectivity index (χ3v) is 3.29. The summed E-state index contributed by atoms with van der Waals surface area (Å²) in [5, 5.41) is 2.91. The Labute approximate surface area is 119 Å². The van der Waals surface area contributed by atoms with E-state index in [4.69, 9.17) is 5.73 Å². The van der Waals surface area contributed by atoms with Crippen LogP contribution in [-0.2, 0) is 4.79 Å². The monoisotopic (exact) mass is 269 g/mol. The smallest absolute Gasteiger partial charge is 0.231 e. The van der Waals surface area contributed by atoms with Gasteiger partial charge in [-0.25, -0.2) is 0 Å². The molecule has 2 aromatic rings. The highest BCUT2D eigenvalue weighted by Crippen LogP contribution is 2.21. The molecule has 0 saturated carbocycles. The first-order valence-electron chi connectivity index (χ1n) is 6.58. The molecule has 0 bridgehead atoms. The lowest BCUT2D eigenvalue weighted by Gasteiger charge is -2.14. The molecular weight excluding hydrogens is 250 g/mol. The van der Waals surface area contributed by atoms with Crippen LogP contribution in [-0.4, -0.2) is 10.9 Å². The molecule has 4 heteroatoms. The average Bonchev–Trinajstić information content (AvgIpc) is 2.41. The quantitative estimate of drug-likeness (QED) is 0.842. The molecule has 0 radical (unpaired) electrons. The van der Waals surface area contributed by atoms with E-state index in [1.807, 2.05) is 57.2 Å². The molecule has 1 aromatic heterocycles. The van der Waals surface area contributed by atoms with Gasteiger partial charge in [0.25, 0.3) is 0 Å². The summed E-state index contributed by atoms with van der Waals surface area (Å²) in [5.41, 5.74) is 9.81. The first-order chi connectivity index (χ1) is 9.47. The van der Waals surface area contributed by atoms with Crippen molar-refractivity contribution in [3.05, 3.63) is 53.3 Å². The molecule has 0 fully saturated rings. The van der Waals surface area contributed by atoms with E-state index in [2.05, 4.69) is 10.3 Å². The molecule has 0 aliphatic carbocycles. The van der Waals surface area contributed by atoms with Gasteiger partial charge in [0.15, 0.2) is 0 Å². The molecule has 104 valence electrons. The summed E-state index contributed by atoms with van der Waals surface area (Å²) in [4.78, 5) is 16.6.